The molecule has 1 aromatic heterocycles. The van der Waals surface area contributed by atoms with Gasteiger partial charge in [-0.2, -0.15) is 5.10 Å². The van der Waals surface area contributed by atoms with Crippen LogP contribution in [0.25, 0.3) is 5.69 Å². The van der Waals surface area contributed by atoms with Crippen LogP contribution in [0, 0.1) is 5.92 Å². The molecule has 1 aliphatic carbocycles. The highest BCUT2D eigenvalue weighted by atomic mass is 16.3. The first-order valence-electron chi connectivity index (χ1n) is 7.79. The molecule has 3 rings (SSSR count). The molecule has 0 bridgehead atoms. The summed E-state index contributed by atoms with van der Waals surface area (Å²) in [6, 6.07) is 10.2. The molecule has 4 heteroatoms. The summed E-state index contributed by atoms with van der Waals surface area (Å²) < 4.78 is 1.91. The molecule has 1 fully saturated rings. The van der Waals surface area contributed by atoms with Crippen molar-refractivity contribution in [2.24, 2.45) is 5.92 Å². The first-order chi connectivity index (χ1) is 10.3. The van der Waals surface area contributed by atoms with Crippen LogP contribution in [0.2, 0.25) is 0 Å². The van der Waals surface area contributed by atoms with Crippen LogP contribution in [-0.2, 0) is 6.54 Å². The van der Waals surface area contributed by atoms with Crippen LogP contribution < -0.4 is 5.32 Å². The summed E-state index contributed by atoms with van der Waals surface area (Å²) in [5, 5.41) is 17.4. The summed E-state index contributed by atoms with van der Waals surface area (Å²) in [6.45, 7) is 1.88. The third-order valence-electron chi connectivity index (χ3n) is 4.24. The third-order valence-corrected chi connectivity index (χ3v) is 4.24. The molecule has 21 heavy (non-hydrogen) atoms. The molecule has 0 amide bonds. The molecule has 1 saturated carbocycles. The van der Waals surface area contributed by atoms with Gasteiger partial charge < -0.3 is 10.4 Å². The van der Waals surface area contributed by atoms with E-state index in [4.69, 9.17) is 0 Å². The lowest BCUT2D eigenvalue weighted by molar-refractivity contribution is 0.108. The molecular weight excluding hydrogens is 262 g/mol. The Bertz CT molecular complexity index is 544. The summed E-state index contributed by atoms with van der Waals surface area (Å²) in [7, 11) is 0. The van der Waals surface area contributed by atoms with E-state index in [1.165, 1.54) is 5.56 Å². The number of hydrogen-bond acceptors (Lipinski definition) is 3. The first-order valence-corrected chi connectivity index (χ1v) is 7.79. The number of para-hydroxylation sites is 1. The maximum absolute atomic E-state index is 9.51. The lowest BCUT2D eigenvalue weighted by Crippen LogP contribution is -2.27. The largest absolute Gasteiger partial charge is 0.393 e. The van der Waals surface area contributed by atoms with Gasteiger partial charge >= 0.3 is 0 Å². The van der Waals surface area contributed by atoms with Crippen molar-refractivity contribution in [3.05, 3.63) is 48.3 Å². The van der Waals surface area contributed by atoms with Crippen LogP contribution >= 0.6 is 0 Å². The minimum absolute atomic E-state index is 0.0645. The van der Waals surface area contributed by atoms with Crippen LogP contribution in [0.5, 0.6) is 0 Å². The molecule has 0 atom stereocenters. The monoisotopic (exact) mass is 285 g/mol. The highest BCUT2D eigenvalue weighted by Crippen LogP contribution is 2.23. The van der Waals surface area contributed by atoms with E-state index in [0.717, 1.165) is 44.5 Å². The summed E-state index contributed by atoms with van der Waals surface area (Å²) in [5.74, 6) is 0.706. The fourth-order valence-corrected chi connectivity index (χ4v) is 2.94. The number of nitrogens with one attached hydrogen (secondary N) is 1. The fraction of sp³-hybridized carbons (Fsp3) is 0.471. The van der Waals surface area contributed by atoms with Gasteiger partial charge in [-0.15, -0.1) is 0 Å². The normalized spacial score (nSPS) is 22.3. The Labute approximate surface area is 125 Å². The highest BCUT2D eigenvalue weighted by Gasteiger charge is 2.18. The quantitative estimate of drug-likeness (QED) is 0.887. The number of aromatic nitrogens is 2. The van der Waals surface area contributed by atoms with Crippen LogP contribution in [0.15, 0.2) is 42.7 Å². The number of aliphatic hydroxyl groups is 1. The van der Waals surface area contributed by atoms with E-state index in [9.17, 15) is 5.11 Å². The topological polar surface area (TPSA) is 50.1 Å². The molecule has 1 aromatic carbocycles. The van der Waals surface area contributed by atoms with E-state index in [2.05, 4.69) is 28.7 Å². The molecule has 4 nitrogen and oxygen atoms in total. The Kier molecular flexibility index (Phi) is 4.68. The van der Waals surface area contributed by atoms with Crippen molar-refractivity contribution in [3.63, 3.8) is 0 Å². The van der Waals surface area contributed by atoms with E-state index >= 15 is 0 Å². The van der Waals surface area contributed by atoms with E-state index in [1.807, 2.05) is 29.1 Å². The van der Waals surface area contributed by atoms with Crippen molar-refractivity contribution in [1.82, 2.24) is 15.1 Å². The van der Waals surface area contributed by atoms with E-state index in [-0.39, 0.29) is 6.10 Å². The number of nitrogens with zero attached hydrogens (tertiary/aromatic N) is 2. The smallest absolute Gasteiger partial charge is 0.0645 e. The Hall–Kier alpha value is -1.65. The molecule has 2 aromatic rings. The van der Waals surface area contributed by atoms with Crippen LogP contribution in [0.3, 0.4) is 0 Å². The number of hydrogen-bond donors (Lipinski definition) is 2. The minimum Gasteiger partial charge on any atom is -0.393 e. The van der Waals surface area contributed by atoms with Gasteiger partial charge in [0.1, 0.15) is 0 Å². The zero-order valence-corrected chi connectivity index (χ0v) is 12.3. The summed E-state index contributed by atoms with van der Waals surface area (Å²) in [4.78, 5) is 0. The SMILES string of the molecule is OC1CCC(CNCc2cnn(-c3ccccc3)c2)CC1. The van der Waals surface area contributed by atoms with Crippen molar-refractivity contribution in [1.29, 1.82) is 0 Å². The third kappa shape index (κ3) is 3.93. The second kappa shape index (κ2) is 6.87. The molecule has 0 unspecified atom stereocenters. The molecule has 0 saturated heterocycles. The van der Waals surface area contributed by atoms with Crippen molar-refractivity contribution in [3.8, 4) is 5.69 Å². The average molecular weight is 285 g/mol. The Morgan fingerprint density at radius 1 is 1.14 bits per heavy atom. The molecule has 2 N–H and O–H groups in total. The number of benzene rings is 1. The van der Waals surface area contributed by atoms with Gasteiger partial charge in [-0.25, -0.2) is 4.68 Å². The van der Waals surface area contributed by atoms with Crippen molar-refractivity contribution in [2.75, 3.05) is 6.54 Å². The molecule has 112 valence electrons. The lowest BCUT2D eigenvalue weighted by Gasteiger charge is -2.25. The second-order valence-electron chi connectivity index (χ2n) is 5.93. The van der Waals surface area contributed by atoms with Gasteiger partial charge in [0, 0.05) is 18.3 Å². The lowest BCUT2D eigenvalue weighted by atomic mass is 9.87. The minimum atomic E-state index is -0.0645. The summed E-state index contributed by atoms with van der Waals surface area (Å²) in [6.07, 6.45) is 8.12. The molecule has 1 heterocycles. The van der Waals surface area contributed by atoms with Crippen LogP contribution in [0.4, 0.5) is 0 Å². The number of aliphatic hydroxyl groups excluding tert-OH is 1. The predicted octanol–water partition coefficient (Wildman–Crippen LogP) is 2.51. The van der Waals surface area contributed by atoms with Gasteiger partial charge in [0.25, 0.3) is 0 Å². The molecule has 0 spiro atoms. The second-order valence-corrected chi connectivity index (χ2v) is 5.93. The Morgan fingerprint density at radius 2 is 1.90 bits per heavy atom. The molecule has 1 aliphatic rings. The van der Waals surface area contributed by atoms with Gasteiger partial charge in [0.05, 0.1) is 18.0 Å². The van der Waals surface area contributed by atoms with E-state index in [1.54, 1.807) is 0 Å². The number of rotatable bonds is 5. The zero-order valence-electron chi connectivity index (χ0n) is 12.3. The van der Waals surface area contributed by atoms with Gasteiger partial charge in [0.2, 0.25) is 0 Å². The Morgan fingerprint density at radius 3 is 2.67 bits per heavy atom. The zero-order chi connectivity index (χ0) is 14.5. The predicted molar refractivity (Wildman–Crippen MR) is 83.2 cm³/mol. The summed E-state index contributed by atoms with van der Waals surface area (Å²) in [5.41, 5.74) is 2.29. The van der Waals surface area contributed by atoms with Gasteiger partial charge in [0.15, 0.2) is 0 Å². The van der Waals surface area contributed by atoms with Crippen LogP contribution in [0.1, 0.15) is 31.2 Å². The van der Waals surface area contributed by atoms with Gasteiger partial charge in [-0.3, -0.25) is 0 Å². The fourth-order valence-electron chi connectivity index (χ4n) is 2.94. The van der Waals surface area contributed by atoms with Crippen molar-refractivity contribution in [2.45, 2.75) is 38.3 Å². The van der Waals surface area contributed by atoms with E-state index < -0.39 is 0 Å². The average Bonchev–Trinajstić information content (AvgIpc) is 2.99. The van der Waals surface area contributed by atoms with Crippen molar-refractivity contribution >= 4 is 0 Å². The van der Waals surface area contributed by atoms with Gasteiger partial charge in [-0.1, -0.05) is 18.2 Å². The standard InChI is InChI=1S/C17H23N3O/c21-17-8-6-14(7-9-17)10-18-11-15-12-19-20(13-15)16-4-2-1-3-5-16/h1-5,12-14,17-18,21H,6-11H2. The summed E-state index contributed by atoms with van der Waals surface area (Å²) >= 11 is 0. The maximum atomic E-state index is 9.51. The highest BCUT2D eigenvalue weighted by molar-refractivity contribution is 5.30. The van der Waals surface area contributed by atoms with Crippen LogP contribution in [-0.4, -0.2) is 27.5 Å². The van der Waals surface area contributed by atoms with Crippen molar-refractivity contribution < 1.29 is 5.11 Å². The molecule has 0 aliphatic heterocycles. The molecule has 0 radical (unpaired) electrons. The molecular formula is C17H23N3O. The van der Waals surface area contributed by atoms with E-state index in [0.29, 0.717) is 5.92 Å². The first kappa shape index (κ1) is 14.3. The maximum Gasteiger partial charge on any atom is 0.0645 e. The Balaban J connectivity index is 1.47. The van der Waals surface area contributed by atoms with Gasteiger partial charge in [-0.05, 0) is 50.3 Å².